The maximum Gasteiger partial charge on any atom is 0.264 e. The first-order valence-corrected chi connectivity index (χ1v) is 9.22. The second kappa shape index (κ2) is 9.24. The van der Waals surface area contributed by atoms with Crippen molar-refractivity contribution >= 4 is 18.3 Å². The molecule has 1 aliphatic rings. The zero-order valence-electron chi connectivity index (χ0n) is 16.4. The third-order valence-corrected chi connectivity index (χ3v) is 4.87. The van der Waals surface area contributed by atoms with Gasteiger partial charge >= 0.3 is 0 Å². The quantitative estimate of drug-likeness (QED) is 0.849. The minimum Gasteiger partial charge on any atom is -0.481 e. The number of halogens is 1. The van der Waals surface area contributed by atoms with Crippen LogP contribution in [0.1, 0.15) is 44.1 Å². The summed E-state index contributed by atoms with van der Waals surface area (Å²) < 4.78 is 7.95. The Morgan fingerprint density at radius 2 is 2.11 bits per heavy atom. The highest BCUT2D eigenvalue weighted by atomic mass is 35.5. The van der Waals surface area contributed by atoms with Gasteiger partial charge in [0.2, 0.25) is 0 Å². The molecule has 1 aromatic heterocycles. The van der Waals surface area contributed by atoms with Crippen molar-refractivity contribution in [3.05, 3.63) is 48.0 Å². The Bertz CT molecular complexity index is 762. The number of imidazole rings is 1. The van der Waals surface area contributed by atoms with Gasteiger partial charge in [-0.1, -0.05) is 26.0 Å². The molecule has 0 bridgehead atoms. The molecule has 2 unspecified atom stereocenters. The number of nitrogens with zero attached hydrogens (tertiary/aromatic N) is 3. The van der Waals surface area contributed by atoms with Crippen LogP contribution in [0.25, 0.3) is 0 Å². The van der Waals surface area contributed by atoms with Crippen molar-refractivity contribution in [2.45, 2.75) is 38.8 Å². The van der Waals surface area contributed by atoms with E-state index in [9.17, 15) is 4.79 Å². The number of aryl methyl sites for hydroxylation is 1. The maximum atomic E-state index is 13.1. The molecular weight excluding hydrogens is 364 g/mol. The molecule has 1 saturated heterocycles. The topological polar surface area (TPSA) is 59.4 Å². The smallest absolute Gasteiger partial charge is 0.264 e. The van der Waals surface area contributed by atoms with Gasteiger partial charge < -0.3 is 19.5 Å². The molecule has 3 rings (SSSR count). The molecule has 1 N–H and O–H groups in total. The van der Waals surface area contributed by atoms with Gasteiger partial charge in [0, 0.05) is 39.1 Å². The van der Waals surface area contributed by atoms with Gasteiger partial charge in [-0.25, -0.2) is 4.98 Å². The summed E-state index contributed by atoms with van der Waals surface area (Å²) in [6.45, 7) is 8.24. The summed E-state index contributed by atoms with van der Waals surface area (Å²) in [6, 6.07) is 7.90. The van der Waals surface area contributed by atoms with Crippen LogP contribution in [-0.2, 0) is 11.8 Å². The fraction of sp³-hybridized carbons (Fsp3) is 0.500. The summed E-state index contributed by atoms with van der Waals surface area (Å²) in [5, 5.41) is 3.36. The Hall–Kier alpha value is -2.05. The average Bonchev–Trinajstić information content (AvgIpc) is 3.07. The van der Waals surface area contributed by atoms with Crippen molar-refractivity contribution in [1.82, 2.24) is 19.8 Å². The first kappa shape index (κ1) is 21.3. The van der Waals surface area contributed by atoms with Crippen molar-refractivity contribution in [3.8, 4) is 5.75 Å². The number of hydrogen-bond donors (Lipinski definition) is 1. The minimum absolute atomic E-state index is 0. The summed E-state index contributed by atoms with van der Waals surface area (Å²) in [5.74, 6) is 2.04. The molecule has 0 aliphatic carbocycles. The van der Waals surface area contributed by atoms with Crippen molar-refractivity contribution < 1.29 is 9.53 Å². The molecule has 2 heterocycles. The fourth-order valence-electron chi connectivity index (χ4n) is 3.33. The number of amides is 1. The molecule has 7 heteroatoms. The molecule has 6 nitrogen and oxygen atoms in total. The Morgan fingerprint density at radius 3 is 2.78 bits per heavy atom. The number of benzene rings is 1. The molecule has 2 aromatic rings. The van der Waals surface area contributed by atoms with Gasteiger partial charge in [0.25, 0.3) is 5.91 Å². The van der Waals surface area contributed by atoms with E-state index in [1.807, 2.05) is 47.8 Å². The van der Waals surface area contributed by atoms with Crippen LogP contribution in [0, 0.1) is 0 Å². The highest BCUT2D eigenvalue weighted by molar-refractivity contribution is 5.85. The third-order valence-electron chi connectivity index (χ3n) is 4.87. The van der Waals surface area contributed by atoms with Gasteiger partial charge in [-0.2, -0.15) is 0 Å². The van der Waals surface area contributed by atoms with Crippen molar-refractivity contribution in [3.63, 3.8) is 0 Å². The molecule has 27 heavy (non-hydrogen) atoms. The largest absolute Gasteiger partial charge is 0.481 e. The molecule has 0 radical (unpaired) electrons. The normalized spacial score (nSPS) is 18.1. The summed E-state index contributed by atoms with van der Waals surface area (Å²) >= 11 is 0. The number of piperazine rings is 1. The Balaban J connectivity index is 0.00000261. The molecule has 1 amide bonds. The van der Waals surface area contributed by atoms with E-state index in [1.54, 1.807) is 6.20 Å². The van der Waals surface area contributed by atoms with Gasteiger partial charge in [0.15, 0.2) is 6.10 Å². The van der Waals surface area contributed by atoms with Gasteiger partial charge in [0.1, 0.15) is 17.6 Å². The monoisotopic (exact) mass is 392 g/mol. The van der Waals surface area contributed by atoms with E-state index in [0.29, 0.717) is 19.0 Å². The maximum absolute atomic E-state index is 13.1. The van der Waals surface area contributed by atoms with E-state index in [2.05, 4.69) is 30.2 Å². The van der Waals surface area contributed by atoms with Crippen LogP contribution in [0.3, 0.4) is 0 Å². The first-order valence-electron chi connectivity index (χ1n) is 9.22. The lowest BCUT2D eigenvalue weighted by atomic mass is 10.0. The van der Waals surface area contributed by atoms with E-state index in [1.165, 1.54) is 5.56 Å². The SMILES string of the molecule is CC(Oc1cccc(C(C)C)c1)C(=O)N1CCNCC1c1nccn1C.Cl. The number of rotatable bonds is 5. The average molecular weight is 393 g/mol. The molecule has 0 saturated carbocycles. The van der Waals surface area contributed by atoms with Crippen LogP contribution in [0.2, 0.25) is 0 Å². The standard InChI is InChI=1S/C20H28N4O2.ClH/c1-14(2)16-6-5-7-17(12-16)26-15(3)20(25)24-11-8-21-13-18(24)19-22-9-10-23(19)4;/h5-7,9-10,12,14-15,18,21H,8,11,13H2,1-4H3;1H. The molecule has 1 fully saturated rings. The highest BCUT2D eigenvalue weighted by Gasteiger charge is 2.33. The number of aromatic nitrogens is 2. The molecule has 148 valence electrons. The van der Waals surface area contributed by atoms with Crippen molar-refractivity contribution in [2.75, 3.05) is 19.6 Å². The second-order valence-corrected chi connectivity index (χ2v) is 7.14. The highest BCUT2D eigenvalue weighted by Crippen LogP contribution is 2.24. The predicted octanol–water partition coefficient (Wildman–Crippen LogP) is 2.91. The fourth-order valence-corrected chi connectivity index (χ4v) is 3.33. The van der Waals surface area contributed by atoms with Crippen LogP contribution in [0.15, 0.2) is 36.7 Å². The number of carbonyl (C=O) groups is 1. The lowest BCUT2D eigenvalue weighted by molar-refractivity contribution is -0.141. The summed E-state index contributed by atoms with van der Waals surface area (Å²) in [6.07, 6.45) is 3.13. The van der Waals surface area contributed by atoms with E-state index >= 15 is 0 Å². The van der Waals surface area contributed by atoms with Crippen LogP contribution in [-0.4, -0.2) is 46.1 Å². The molecular formula is C20H29ClN4O2. The van der Waals surface area contributed by atoms with Crippen LogP contribution in [0.5, 0.6) is 5.75 Å². The van der Waals surface area contributed by atoms with Gasteiger partial charge in [-0.05, 0) is 30.5 Å². The van der Waals surface area contributed by atoms with E-state index in [0.717, 1.165) is 18.1 Å². The van der Waals surface area contributed by atoms with Crippen LogP contribution >= 0.6 is 12.4 Å². The minimum atomic E-state index is -0.543. The third kappa shape index (κ3) is 4.82. The summed E-state index contributed by atoms with van der Waals surface area (Å²) in [4.78, 5) is 19.4. The Morgan fingerprint density at radius 1 is 1.33 bits per heavy atom. The zero-order valence-corrected chi connectivity index (χ0v) is 17.2. The van der Waals surface area contributed by atoms with Crippen LogP contribution in [0.4, 0.5) is 0 Å². The molecule has 1 aliphatic heterocycles. The predicted molar refractivity (Wildman–Crippen MR) is 108 cm³/mol. The number of ether oxygens (including phenoxy) is 1. The zero-order chi connectivity index (χ0) is 18.7. The van der Waals surface area contributed by atoms with E-state index in [4.69, 9.17) is 4.74 Å². The summed E-state index contributed by atoms with van der Waals surface area (Å²) in [7, 11) is 1.96. The summed E-state index contributed by atoms with van der Waals surface area (Å²) in [5.41, 5.74) is 1.20. The molecule has 2 atom stereocenters. The van der Waals surface area contributed by atoms with E-state index in [-0.39, 0.29) is 24.4 Å². The number of hydrogen-bond acceptors (Lipinski definition) is 4. The Labute approximate surface area is 167 Å². The van der Waals surface area contributed by atoms with Gasteiger partial charge in [-0.15, -0.1) is 12.4 Å². The van der Waals surface area contributed by atoms with E-state index < -0.39 is 6.10 Å². The van der Waals surface area contributed by atoms with Gasteiger partial charge in [-0.3, -0.25) is 4.79 Å². The molecule has 0 spiro atoms. The molecule has 1 aromatic carbocycles. The lowest BCUT2D eigenvalue weighted by Crippen LogP contribution is -2.52. The second-order valence-electron chi connectivity index (χ2n) is 7.14. The Kier molecular flexibility index (Phi) is 7.27. The van der Waals surface area contributed by atoms with Crippen molar-refractivity contribution in [2.24, 2.45) is 7.05 Å². The number of nitrogens with one attached hydrogen (secondary N) is 1. The van der Waals surface area contributed by atoms with Crippen LogP contribution < -0.4 is 10.1 Å². The van der Waals surface area contributed by atoms with Crippen molar-refractivity contribution in [1.29, 1.82) is 0 Å². The number of carbonyl (C=O) groups excluding carboxylic acids is 1. The first-order chi connectivity index (χ1) is 12.5. The lowest BCUT2D eigenvalue weighted by Gasteiger charge is -2.37. The van der Waals surface area contributed by atoms with Gasteiger partial charge in [0.05, 0.1) is 0 Å².